The molecule has 2 rings (SSSR count). The second-order valence-electron chi connectivity index (χ2n) is 4.85. The Morgan fingerprint density at radius 2 is 1.88 bits per heavy atom. The average Bonchev–Trinajstić information content (AvgIpc) is 2.56. The molecule has 0 spiro atoms. The summed E-state index contributed by atoms with van der Waals surface area (Å²) >= 11 is 3.30. The van der Waals surface area contributed by atoms with Crippen molar-refractivity contribution in [2.75, 3.05) is 17.1 Å². The summed E-state index contributed by atoms with van der Waals surface area (Å²) in [5.74, 6) is 0.151. The van der Waals surface area contributed by atoms with Crippen LogP contribution in [0.5, 0.6) is 5.75 Å². The zero-order valence-electron chi connectivity index (χ0n) is 13.2. The van der Waals surface area contributed by atoms with E-state index >= 15 is 0 Å². The Morgan fingerprint density at radius 1 is 1.17 bits per heavy atom. The number of benzene rings is 2. The minimum Gasteiger partial charge on any atom is -0.495 e. The van der Waals surface area contributed by atoms with Gasteiger partial charge in [-0.05, 0) is 46.3 Å². The molecule has 0 fully saturated rings. The van der Waals surface area contributed by atoms with E-state index in [1.165, 1.54) is 25.3 Å². The molecule has 0 heterocycles. The topological polar surface area (TPSA) is 84.5 Å². The molecule has 0 unspecified atom stereocenters. The van der Waals surface area contributed by atoms with Crippen molar-refractivity contribution in [3.63, 3.8) is 0 Å². The van der Waals surface area contributed by atoms with E-state index in [1.807, 2.05) is 0 Å². The minimum atomic E-state index is -3.81. The fourth-order valence-corrected chi connectivity index (χ4v) is 3.56. The van der Waals surface area contributed by atoms with Crippen LogP contribution in [0.2, 0.25) is 0 Å². The summed E-state index contributed by atoms with van der Waals surface area (Å²) in [6, 6.07) is 11.2. The largest absolute Gasteiger partial charge is 0.495 e. The van der Waals surface area contributed by atoms with Crippen LogP contribution in [0.1, 0.15) is 13.3 Å². The fourth-order valence-electron chi connectivity index (χ4n) is 1.94. The molecule has 0 aliphatic carbocycles. The molecule has 0 aliphatic rings. The number of sulfonamides is 1. The van der Waals surface area contributed by atoms with Crippen LogP contribution in [0.4, 0.5) is 11.4 Å². The molecule has 0 aliphatic heterocycles. The number of ether oxygens (including phenoxy) is 1. The molecule has 0 radical (unpaired) electrons. The van der Waals surface area contributed by atoms with Crippen molar-refractivity contribution in [2.45, 2.75) is 18.2 Å². The zero-order chi connectivity index (χ0) is 17.7. The van der Waals surface area contributed by atoms with Crippen LogP contribution in [0.3, 0.4) is 0 Å². The highest BCUT2D eigenvalue weighted by molar-refractivity contribution is 9.10. The summed E-state index contributed by atoms with van der Waals surface area (Å²) in [6.45, 7) is 1.71. The van der Waals surface area contributed by atoms with E-state index in [0.717, 1.165) is 0 Å². The third-order valence-corrected chi connectivity index (χ3v) is 5.25. The van der Waals surface area contributed by atoms with Crippen molar-refractivity contribution in [3.05, 3.63) is 46.9 Å². The Hall–Kier alpha value is -2.06. The molecule has 0 atom stereocenters. The van der Waals surface area contributed by atoms with Crippen LogP contribution in [-0.4, -0.2) is 21.4 Å². The van der Waals surface area contributed by atoms with Crippen LogP contribution in [-0.2, 0) is 14.8 Å². The zero-order valence-corrected chi connectivity index (χ0v) is 15.6. The summed E-state index contributed by atoms with van der Waals surface area (Å²) in [6.07, 6.45) is 0.273. The molecule has 2 aromatic carbocycles. The first-order chi connectivity index (χ1) is 11.4. The molecule has 128 valence electrons. The van der Waals surface area contributed by atoms with Crippen molar-refractivity contribution in [2.24, 2.45) is 0 Å². The van der Waals surface area contributed by atoms with Crippen molar-refractivity contribution in [1.82, 2.24) is 0 Å². The van der Waals surface area contributed by atoms with Gasteiger partial charge >= 0.3 is 0 Å². The van der Waals surface area contributed by atoms with Gasteiger partial charge in [-0.2, -0.15) is 0 Å². The first-order valence-corrected chi connectivity index (χ1v) is 9.40. The highest BCUT2D eigenvalue weighted by Crippen LogP contribution is 2.30. The van der Waals surface area contributed by atoms with Gasteiger partial charge in [0.15, 0.2) is 0 Å². The summed E-state index contributed by atoms with van der Waals surface area (Å²) in [4.78, 5) is 11.6. The fraction of sp³-hybridized carbons (Fsp3) is 0.188. The molecular weight excluding hydrogens is 396 g/mol. The van der Waals surface area contributed by atoms with Gasteiger partial charge in [0.25, 0.3) is 10.0 Å². The van der Waals surface area contributed by atoms with Gasteiger partial charge < -0.3 is 10.1 Å². The molecule has 0 saturated carbocycles. The van der Waals surface area contributed by atoms with Crippen molar-refractivity contribution in [1.29, 1.82) is 0 Å². The number of hydrogen-bond donors (Lipinski definition) is 2. The molecule has 0 aromatic heterocycles. The SMILES string of the molecule is CCC(=O)Nc1cc(S(=O)(=O)Nc2ccccc2Br)ccc1OC. The van der Waals surface area contributed by atoms with Gasteiger partial charge in [0, 0.05) is 10.9 Å². The molecule has 1 amide bonds. The van der Waals surface area contributed by atoms with E-state index in [-0.39, 0.29) is 17.2 Å². The quantitative estimate of drug-likeness (QED) is 0.758. The molecule has 24 heavy (non-hydrogen) atoms. The molecule has 2 aromatic rings. The lowest BCUT2D eigenvalue weighted by atomic mass is 10.3. The first-order valence-electron chi connectivity index (χ1n) is 7.12. The van der Waals surface area contributed by atoms with Gasteiger partial charge in [0.1, 0.15) is 5.75 Å². The highest BCUT2D eigenvalue weighted by atomic mass is 79.9. The average molecular weight is 413 g/mol. The van der Waals surface area contributed by atoms with Crippen LogP contribution < -0.4 is 14.8 Å². The Bertz CT molecular complexity index is 853. The molecular formula is C16H17BrN2O4S. The van der Waals surface area contributed by atoms with E-state index < -0.39 is 10.0 Å². The van der Waals surface area contributed by atoms with E-state index in [9.17, 15) is 13.2 Å². The number of nitrogens with one attached hydrogen (secondary N) is 2. The predicted octanol–water partition coefficient (Wildman–Crippen LogP) is 3.61. The number of anilines is 2. The Balaban J connectivity index is 2.38. The maximum atomic E-state index is 12.6. The lowest BCUT2D eigenvalue weighted by molar-refractivity contribution is -0.115. The van der Waals surface area contributed by atoms with Crippen LogP contribution in [0, 0.1) is 0 Å². The number of amides is 1. The Morgan fingerprint density at radius 3 is 2.50 bits per heavy atom. The van der Waals surface area contributed by atoms with Crippen LogP contribution in [0.25, 0.3) is 0 Å². The normalized spacial score (nSPS) is 11.0. The number of methoxy groups -OCH3 is 1. The predicted molar refractivity (Wildman–Crippen MR) is 96.9 cm³/mol. The number of hydrogen-bond acceptors (Lipinski definition) is 4. The maximum Gasteiger partial charge on any atom is 0.262 e. The van der Waals surface area contributed by atoms with Crippen LogP contribution in [0.15, 0.2) is 51.8 Å². The van der Waals surface area contributed by atoms with Crippen molar-refractivity contribution >= 4 is 43.2 Å². The van der Waals surface area contributed by atoms with E-state index in [0.29, 0.717) is 21.6 Å². The van der Waals surface area contributed by atoms with Gasteiger partial charge in [-0.15, -0.1) is 0 Å². The monoisotopic (exact) mass is 412 g/mol. The van der Waals surface area contributed by atoms with Gasteiger partial charge in [0.05, 0.1) is 23.4 Å². The van der Waals surface area contributed by atoms with E-state index in [4.69, 9.17) is 4.74 Å². The lowest BCUT2D eigenvalue weighted by Crippen LogP contribution is -2.15. The first kappa shape index (κ1) is 18.3. The molecule has 0 saturated heterocycles. The number of rotatable bonds is 6. The van der Waals surface area contributed by atoms with Crippen molar-refractivity contribution < 1.29 is 17.9 Å². The lowest BCUT2D eigenvalue weighted by Gasteiger charge is -2.13. The summed E-state index contributed by atoms with van der Waals surface area (Å²) in [5, 5.41) is 2.63. The van der Waals surface area contributed by atoms with Gasteiger partial charge in [0.2, 0.25) is 5.91 Å². The van der Waals surface area contributed by atoms with Crippen molar-refractivity contribution in [3.8, 4) is 5.75 Å². The minimum absolute atomic E-state index is 0.0189. The molecule has 0 bridgehead atoms. The summed E-state index contributed by atoms with van der Waals surface area (Å²) < 4.78 is 33.4. The Labute approximate surface area is 149 Å². The van der Waals surface area contributed by atoms with Gasteiger partial charge in [-0.3, -0.25) is 9.52 Å². The molecule has 6 nitrogen and oxygen atoms in total. The van der Waals surface area contributed by atoms with E-state index in [2.05, 4.69) is 26.0 Å². The van der Waals surface area contributed by atoms with Crippen LogP contribution >= 0.6 is 15.9 Å². The van der Waals surface area contributed by atoms with E-state index in [1.54, 1.807) is 31.2 Å². The van der Waals surface area contributed by atoms with Gasteiger partial charge in [-0.25, -0.2) is 8.42 Å². The molecule has 8 heteroatoms. The number of halogens is 1. The smallest absolute Gasteiger partial charge is 0.262 e. The highest BCUT2D eigenvalue weighted by Gasteiger charge is 2.18. The third-order valence-electron chi connectivity index (χ3n) is 3.19. The standard InChI is InChI=1S/C16H17BrN2O4S/c1-3-16(20)18-14-10-11(8-9-15(14)23-2)24(21,22)19-13-7-5-4-6-12(13)17/h4-10,19H,3H2,1-2H3,(H,18,20). The number of carbonyl (C=O) groups excluding carboxylic acids is 1. The summed E-state index contributed by atoms with van der Waals surface area (Å²) in [7, 11) is -2.36. The second kappa shape index (κ2) is 7.67. The maximum absolute atomic E-state index is 12.6. The number of para-hydroxylation sites is 1. The summed E-state index contributed by atoms with van der Waals surface area (Å²) in [5.41, 5.74) is 0.729. The second-order valence-corrected chi connectivity index (χ2v) is 7.39. The Kier molecular flexibility index (Phi) is 5.84. The third kappa shape index (κ3) is 4.27. The number of carbonyl (C=O) groups is 1. The molecule has 2 N–H and O–H groups in total. The van der Waals surface area contributed by atoms with Gasteiger partial charge in [-0.1, -0.05) is 19.1 Å².